The van der Waals surface area contributed by atoms with Crippen molar-refractivity contribution >= 4 is 11.6 Å². The molecule has 3 heteroatoms. The first-order valence-electron chi connectivity index (χ1n) is 11.3. The van der Waals surface area contributed by atoms with Crippen molar-refractivity contribution in [2.75, 3.05) is 0 Å². The Morgan fingerprint density at radius 1 is 0.967 bits per heavy atom. The molecule has 158 valence electrons. The second kappa shape index (κ2) is 9.41. The van der Waals surface area contributed by atoms with Crippen molar-refractivity contribution < 1.29 is 0 Å². The van der Waals surface area contributed by atoms with Crippen LogP contribution < -0.4 is 5.32 Å². The zero-order valence-electron chi connectivity index (χ0n) is 18.4. The van der Waals surface area contributed by atoms with Crippen molar-refractivity contribution in [3.63, 3.8) is 0 Å². The molecule has 2 nitrogen and oxygen atoms in total. The van der Waals surface area contributed by atoms with E-state index in [1.807, 2.05) is 12.1 Å². The van der Waals surface area contributed by atoms with Gasteiger partial charge in [-0.1, -0.05) is 69.0 Å². The highest BCUT2D eigenvalue weighted by molar-refractivity contribution is 6.30. The van der Waals surface area contributed by atoms with E-state index in [9.17, 15) is 0 Å². The summed E-state index contributed by atoms with van der Waals surface area (Å²) in [6.07, 6.45) is 6.72. The van der Waals surface area contributed by atoms with E-state index in [0.29, 0.717) is 12.0 Å². The Labute approximate surface area is 186 Å². The largest absolute Gasteiger partial charge is 0.314 e. The number of aromatic nitrogens is 1. The molecule has 1 aromatic heterocycles. The summed E-state index contributed by atoms with van der Waals surface area (Å²) in [5.74, 6) is 0.541. The minimum absolute atomic E-state index is 0.541. The first-order chi connectivity index (χ1) is 14.5. The van der Waals surface area contributed by atoms with Gasteiger partial charge < -0.3 is 9.88 Å². The topological polar surface area (TPSA) is 17.0 Å². The van der Waals surface area contributed by atoms with E-state index in [-0.39, 0.29) is 0 Å². The molecule has 0 unspecified atom stereocenters. The average molecular weight is 421 g/mol. The third kappa shape index (κ3) is 4.66. The van der Waals surface area contributed by atoms with E-state index in [4.69, 9.17) is 11.6 Å². The predicted molar refractivity (Wildman–Crippen MR) is 129 cm³/mol. The summed E-state index contributed by atoms with van der Waals surface area (Å²) in [7, 11) is 0. The van der Waals surface area contributed by atoms with Gasteiger partial charge >= 0.3 is 0 Å². The van der Waals surface area contributed by atoms with Gasteiger partial charge in [0.05, 0.1) is 5.69 Å². The van der Waals surface area contributed by atoms with Gasteiger partial charge in [0.2, 0.25) is 0 Å². The lowest BCUT2D eigenvalue weighted by Gasteiger charge is -2.22. The van der Waals surface area contributed by atoms with E-state index in [0.717, 1.165) is 17.3 Å². The second-order valence-electron chi connectivity index (χ2n) is 8.94. The van der Waals surface area contributed by atoms with Gasteiger partial charge in [-0.15, -0.1) is 0 Å². The Kier molecular flexibility index (Phi) is 6.65. The molecule has 4 rings (SSSR count). The summed E-state index contributed by atoms with van der Waals surface area (Å²) >= 11 is 6.16. The van der Waals surface area contributed by atoms with Crippen LogP contribution in [0.5, 0.6) is 0 Å². The molecule has 1 aliphatic rings. The number of halogens is 1. The lowest BCUT2D eigenvalue weighted by molar-refractivity contribution is 0.372. The number of rotatable bonds is 6. The molecule has 2 aromatic carbocycles. The van der Waals surface area contributed by atoms with E-state index in [1.54, 1.807) is 0 Å². The van der Waals surface area contributed by atoms with Crippen LogP contribution in [0.4, 0.5) is 0 Å². The number of nitrogens with one attached hydrogen (secondary N) is 1. The van der Waals surface area contributed by atoms with Crippen LogP contribution in [0.2, 0.25) is 5.02 Å². The molecule has 1 saturated carbocycles. The molecule has 0 amide bonds. The average Bonchev–Trinajstić information content (AvgIpc) is 3.10. The molecule has 1 N–H and O–H groups in total. The lowest BCUT2D eigenvalue weighted by Crippen LogP contribution is -2.30. The van der Waals surface area contributed by atoms with Gasteiger partial charge in [0.1, 0.15) is 0 Å². The maximum Gasteiger partial charge on any atom is 0.0534 e. The zero-order valence-corrected chi connectivity index (χ0v) is 19.2. The Morgan fingerprint density at radius 3 is 2.27 bits per heavy atom. The van der Waals surface area contributed by atoms with Crippen molar-refractivity contribution in [2.24, 2.45) is 0 Å². The second-order valence-corrected chi connectivity index (χ2v) is 9.38. The molecule has 1 fully saturated rings. The molecular weight excluding hydrogens is 388 g/mol. The zero-order chi connectivity index (χ0) is 21.1. The summed E-state index contributed by atoms with van der Waals surface area (Å²) in [5, 5.41) is 4.59. The van der Waals surface area contributed by atoms with Gasteiger partial charge in [0.15, 0.2) is 0 Å². The summed E-state index contributed by atoms with van der Waals surface area (Å²) in [6, 6.07) is 20.2. The summed E-state index contributed by atoms with van der Waals surface area (Å²) in [5.41, 5.74) is 7.69. The summed E-state index contributed by atoms with van der Waals surface area (Å²) < 4.78 is 2.37. The molecule has 0 saturated heterocycles. The van der Waals surface area contributed by atoms with Crippen molar-refractivity contribution in [3.05, 3.63) is 76.4 Å². The Bertz CT molecular complexity index is 961. The molecule has 0 bridgehead atoms. The smallest absolute Gasteiger partial charge is 0.0534 e. The highest BCUT2D eigenvalue weighted by Gasteiger charge is 2.18. The molecule has 0 spiro atoms. The quantitative estimate of drug-likeness (QED) is 0.433. The van der Waals surface area contributed by atoms with Gasteiger partial charge in [-0.05, 0) is 72.7 Å². The molecule has 0 atom stereocenters. The van der Waals surface area contributed by atoms with E-state index in [1.165, 1.54) is 60.2 Å². The maximum atomic E-state index is 6.16. The SMILES string of the molecule is Cc1c(CNC2CCCCC2)cc(-c2ccc(C(C)C)cc2)n1-c1ccc(Cl)cc1. The number of benzene rings is 2. The summed E-state index contributed by atoms with van der Waals surface area (Å²) in [6.45, 7) is 7.64. The fraction of sp³-hybridized carbons (Fsp3) is 0.407. The van der Waals surface area contributed by atoms with Gasteiger partial charge in [0.25, 0.3) is 0 Å². The summed E-state index contributed by atoms with van der Waals surface area (Å²) in [4.78, 5) is 0. The van der Waals surface area contributed by atoms with E-state index in [2.05, 4.69) is 73.1 Å². The fourth-order valence-corrected chi connectivity index (χ4v) is 4.70. The van der Waals surface area contributed by atoms with Crippen LogP contribution in [-0.2, 0) is 6.54 Å². The number of hydrogen-bond donors (Lipinski definition) is 1. The van der Waals surface area contributed by atoms with Gasteiger partial charge in [0, 0.05) is 29.0 Å². The monoisotopic (exact) mass is 420 g/mol. The number of nitrogens with zero attached hydrogens (tertiary/aromatic N) is 1. The van der Waals surface area contributed by atoms with Crippen LogP contribution in [0.15, 0.2) is 54.6 Å². The molecule has 3 aromatic rings. The standard InChI is InChI=1S/C27H33ClN2/c1-19(2)21-9-11-22(12-10-21)27-17-23(18-29-25-7-5-4-6-8-25)20(3)30(27)26-15-13-24(28)14-16-26/h9-17,19,25,29H,4-8,18H2,1-3H3. The fourth-order valence-electron chi connectivity index (χ4n) is 4.57. The van der Waals surface area contributed by atoms with Crippen molar-refractivity contribution in [1.29, 1.82) is 0 Å². The molecule has 1 aliphatic carbocycles. The Balaban J connectivity index is 1.70. The van der Waals surface area contributed by atoms with Crippen LogP contribution >= 0.6 is 11.6 Å². The first-order valence-corrected chi connectivity index (χ1v) is 11.7. The Morgan fingerprint density at radius 2 is 1.63 bits per heavy atom. The van der Waals surface area contributed by atoms with Crippen molar-refractivity contribution in [3.8, 4) is 16.9 Å². The number of hydrogen-bond acceptors (Lipinski definition) is 1. The third-order valence-electron chi connectivity index (χ3n) is 6.50. The highest BCUT2D eigenvalue weighted by atomic mass is 35.5. The minimum Gasteiger partial charge on any atom is -0.314 e. The lowest BCUT2D eigenvalue weighted by atomic mass is 9.95. The van der Waals surface area contributed by atoms with Crippen molar-refractivity contribution in [2.45, 2.75) is 71.4 Å². The molecule has 0 aliphatic heterocycles. The molecule has 0 radical (unpaired) electrons. The predicted octanol–water partition coefficient (Wildman–Crippen LogP) is 7.65. The van der Waals surface area contributed by atoms with E-state index < -0.39 is 0 Å². The van der Waals surface area contributed by atoms with Crippen LogP contribution in [0, 0.1) is 6.92 Å². The highest BCUT2D eigenvalue weighted by Crippen LogP contribution is 2.31. The molecular formula is C27H33ClN2. The van der Waals surface area contributed by atoms with E-state index >= 15 is 0 Å². The van der Waals surface area contributed by atoms with Gasteiger partial charge in [-0.25, -0.2) is 0 Å². The van der Waals surface area contributed by atoms with Crippen LogP contribution in [0.1, 0.15) is 68.7 Å². The molecule has 1 heterocycles. The minimum atomic E-state index is 0.541. The van der Waals surface area contributed by atoms with Crippen LogP contribution in [0.25, 0.3) is 16.9 Å². The van der Waals surface area contributed by atoms with Gasteiger partial charge in [-0.2, -0.15) is 0 Å². The Hall–Kier alpha value is -2.03. The first kappa shape index (κ1) is 21.2. The normalized spacial score (nSPS) is 15.1. The van der Waals surface area contributed by atoms with Gasteiger partial charge in [-0.3, -0.25) is 0 Å². The van der Waals surface area contributed by atoms with Crippen LogP contribution in [0.3, 0.4) is 0 Å². The molecule has 30 heavy (non-hydrogen) atoms. The van der Waals surface area contributed by atoms with Crippen molar-refractivity contribution in [1.82, 2.24) is 9.88 Å². The third-order valence-corrected chi connectivity index (χ3v) is 6.75. The van der Waals surface area contributed by atoms with Crippen LogP contribution in [-0.4, -0.2) is 10.6 Å². The maximum absolute atomic E-state index is 6.16.